The highest BCUT2D eigenvalue weighted by Gasteiger charge is 2.10. The molecule has 6 nitrogen and oxygen atoms in total. The first-order valence-corrected chi connectivity index (χ1v) is 8.80. The third-order valence-electron chi connectivity index (χ3n) is 4.56. The topological polar surface area (TPSA) is 86.5 Å². The molecule has 28 heavy (non-hydrogen) atoms. The van der Waals surface area contributed by atoms with Gasteiger partial charge in [-0.2, -0.15) is 0 Å². The predicted molar refractivity (Wildman–Crippen MR) is 108 cm³/mol. The monoisotopic (exact) mass is 365 g/mol. The molecule has 4 aromatic rings. The van der Waals surface area contributed by atoms with E-state index in [4.69, 9.17) is 0 Å². The molecule has 0 bridgehead atoms. The van der Waals surface area contributed by atoms with Gasteiger partial charge >= 0.3 is 0 Å². The Morgan fingerprint density at radius 3 is 2.71 bits per heavy atom. The van der Waals surface area contributed by atoms with Crippen LogP contribution < -0.4 is 10.4 Å². The second kappa shape index (κ2) is 6.59. The average Bonchev–Trinajstić information content (AvgIpc) is 3.28. The number of aromatic nitrogens is 3. The summed E-state index contributed by atoms with van der Waals surface area (Å²) in [5.74, 6) is 0.0985. The van der Waals surface area contributed by atoms with Crippen LogP contribution in [0, 0.1) is 0 Å². The first-order valence-electron chi connectivity index (χ1n) is 8.80. The van der Waals surface area contributed by atoms with E-state index in [1.165, 1.54) is 0 Å². The lowest BCUT2D eigenvalue weighted by molar-refractivity contribution is 0.457. The molecule has 1 aliphatic heterocycles. The van der Waals surface area contributed by atoms with Crippen molar-refractivity contribution in [3.63, 3.8) is 0 Å². The number of hydrogen-bond donors (Lipinski definition) is 2. The first-order chi connectivity index (χ1) is 13.8. The minimum atomic E-state index is 0.0985. The van der Waals surface area contributed by atoms with E-state index in [9.17, 15) is 5.11 Å². The largest absolute Gasteiger partial charge is 0.494 e. The van der Waals surface area contributed by atoms with Gasteiger partial charge in [-0.1, -0.05) is 12.1 Å². The van der Waals surface area contributed by atoms with Crippen molar-refractivity contribution < 1.29 is 5.11 Å². The Kier molecular flexibility index (Phi) is 3.80. The summed E-state index contributed by atoms with van der Waals surface area (Å²) in [6.45, 7) is 0. The summed E-state index contributed by atoms with van der Waals surface area (Å²) in [6, 6.07) is 15.5. The molecule has 1 aromatic carbocycles. The molecular formula is C22H15N5O. The van der Waals surface area contributed by atoms with E-state index in [-0.39, 0.29) is 5.88 Å². The van der Waals surface area contributed by atoms with Gasteiger partial charge < -0.3 is 10.1 Å². The van der Waals surface area contributed by atoms with Crippen molar-refractivity contribution in [2.24, 2.45) is 10.2 Å². The maximum atomic E-state index is 10.2. The van der Waals surface area contributed by atoms with Gasteiger partial charge in [-0.15, -0.1) is 10.2 Å². The number of pyridine rings is 2. The van der Waals surface area contributed by atoms with Crippen LogP contribution in [0.1, 0.15) is 11.3 Å². The number of rotatable bonds is 3. The molecule has 0 spiro atoms. The van der Waals surface area contributed by atoms with Crippen molar-refractivity contribution >= 4 is 34.6 Å². The Hall–Kier alpha value is -4.06. The van der Waals surface area contributed by atoms with E-state index in [0.29, 0.717) is 11.2 Å². The summed E-state index contributed by atoms with van der Waals surface area (Å²) in [4.78, 5) is 11.4. The summed E-state index contributed by atoms with van der Waals surface area (Å²) in [6.07, 6.45) is 9.19. The van der Waals surface area contributed by atoms with Gasteiger partial charge in [0.25, 0.3) is 0 Å². The van der Waals surface area contributed by atoms with Crippen molar-refractivity contribution in [1.29, 1.82) is 0 Å². The molecule has 6 heteroatoms. The lowest BCUT2D eigenvalue weighted by atomic mass is 10.1. The zero-order valence-electron chi connectivity index (χ0n) is 14.7. The van der Waals surface area contributed by atoms with Crippen molar-refractivity contribution in [3.8, 4) is 5.88 Å². The Labute approximate surface area is 160 Å². The second-order valence-electron chi connectivity index (χ2n) is 6.38. The Balaban J connectivity index is 1.56. The van der Waals surface area contributed by atoms with Gasteiger partial charge in [-0.3, -0.25) is 4.98 Å². The number of H-pyrrole nitrogens is 1. The van der Waals surface area contributed by atoms with E-state index in [2.05, 4.69) is 25.2 Å². The maximum absolute atomic E-state index is 10.2. The fourth-order valence-electron chi connectivity index (χ4n) is 3.20. The minimum Gasteiger partial charge on any atom is -0.494 e. The summed E-state index contributed by atoms with van der Waals surface area (Å²) < 4.78 is 0. The molecule has 0 atom stereocenters. The third kappa shape index (κ3) is 2.87. The molecule has 0 amide bonds. The maximum Gasteiger partial charge on any atom is 0.198 e. The Morgan fingerprint density at radius 2 is 1.82 bits per heavy atom. The quantitative estimate of drug-likeness (QED) is 0.583. The lowest BCUT2D eigenvalue weighted by Gasteiger charge is -1.94. The highest BCUT2D eigenvalue weighted by Crippen LogP contribution is 2.26. The van der Waals surface area contributed by atoms with Crippen LogP contribution in [0.4, 0.5) is 5.69 Å². The molecule has 0 saturated heterocycles. The van der Waals surface area contributed by atoms with E-state index in [1.54, 1.807) is 12.4 Å². The van der Waals surface area contributed by atoms with E-state index >= 15 is 0 Å². The minimum absolute atomic E-state index is 0.0985. The molecule has 134 valence electrons. The van der Waals surface area contributed by atoms with Crippen LogP contribution in [0.5, 0.6) is 5.88 Å². The zero-order chi connectivity index (χ0) is 18.9. The molecular weight excluding hydrogens is 350 g/mol. The predicted octanol–water partition coefficient (Wildman–Crippen LogP) is 3.41. The van der Waals surface area contributed by atoms with Crippen LogP contribution in [0.2, 0.25) is 0 Å². The Bertz CT molecular complexity index is 1370. The van der Waals surface area contributed by atoms with Crippen molar-refractivity contribution in [2.75, 3.05) is 0 Å². The number of azo groups is 1. The van der Waals surface area contributed by atoms with Crippen LogP contribution in [0.25, 0.3) is 28.9 Å². The van der Waals surface area contributed by atoms with E-state index in [0.717, 1.165) is 32.9 Å². The van der Waals surface area contributed by atoms with Gasteiger partial charge in [0, 0.05) is 28.6 Å². The molecule has 0 unspecified atom stereocenters. The molecule has 3 aromatic heterocycles. The number of fused-ring (bicyclic) bond motifs is 2. The first kappa shape index (κ1) is 16.1. The average molecular weight is 365 g/mol. The fraction of sp³-hybridized carbons (Fsp3) is 0. The summed E-state index contributed by atoms with van der Waals surface area (Å²) >= 11 is 0. The lowest BCUT2D eigenvalue weighted by Crippen LogP contribution is -2.08. The SMILES string of the molecule is Oc1[nH]c2ncccc2c1/C=c1\ccc2c(c1)N=NC=2/C=C/c1ccccn1. The van der Waals surface area contributed by atoms with Crippen LogP contribution >= 0.6 is 0 Å². The number of hydrogen-bond acceptors (Lipinski definition) is 5. The van der Waals surface area contributed by atoms with Crippen molar-refractivity contribution in [3.05, 3.63) is 88.7 Å². The van der Waals surface area contributed by atoms with Gasteiger partial charge in [0.2, 0.25) is 0 Å². The number of aromatic amines is 1. The number of aromatic hydroxyl groups is 1. The van der Waals surface area contributed by atoms with Crippen LogP contribution in [-0.2, 0) is 0 Å². The molecule has 4 heterocycles. The van der Waals surface area contributed by atoms with E-state index in [1.807, 2.05) is 66.8 Å². The zero-order valence-corrected chi connectivity index (χ0v) is 14.7. The second-order valence-corrected chi connectivity index (χ2v) is 6.38. The van der Waals surface area contributed by atoms with Gasteiger partial charge in [0.05, 0.1) is 17.1 Å². The number of benzene rings is 1. The van der Waals surface area contributed by atoms with Gasteiger partial charge in [-0.05, 0) is 59.8 Å². The van der Waals surface area contributed by atoms with Crippen molar-refractivity contribution in [1.82, 2.24) is 15.0 Å². The highest BCUT2D eigenvalue weighted by atomic mass is 16.3. The normalized spacial score (nSPS) is 13.7. The van der Waals surface area contributed by atoms with Crippen molar-refractivity contribution in [2.45, 2.75) is 0 Å². The van der Waals surface area contributed by atoms with E-state index < -0.39 is 0 Å². The molecule has 0 radical (unpaired) electrons. The number of nitrogens with one attached hydrogen (secondary N) is 1. The molecule has 0 saturated carbocycles. The van der Waals surface area contributed by atoms with Gasteiger partial charge in [0.1, 0.15) is 5.65 Å². The molecule has 1 aliphatic rings. The molecule has 5 rings (SSSR count). The molecule has 2 N–H and O–H groups in total. The van der Waals surface area contributed by atoms with Crippen LogP contribution in [0.3, 0.4) is 0 Å². The standard InChI is InChI=1S/C22H15N5O/c28-22-18(16-5-3-11-24-21(16)25-22)12-14-6-8-17-19(26-27-20(17)13-14)9-7-15-4-1-2-10-23-15/h1-13,28H,(H,24,25)/b9-7+,14-12+. The van der Waals surface area contributed by atoms with Gasteiger partial charge in [0.15, 0.2) is 5.88 Å². The molecule has 0 fully saturated rings. The summed E-state index contributed by atoms with van der Waals surface area (Å²) in [7, 11) is 0. The van der Waals surface area contributed by atoms with Crippen LogP contribution in [-0.4, -0.2) is 20.1 Å². The van der Waals surface area contributed by atoms with Gasteiger partial charge in [-0.25, -0.2) is 4.98 Å². The third-order valence-corrected chi connectivity index (χ3v) is 4.56. The highest BCUT2D eigenvalue weighted by molar-refractivity contribution is 5.89. The van der Waals surface area contributed by atoms with Crippen LogP contribution in [0.15, 0.2) is 77.2 Å². The fourth-order valence-corrected chi connectivity index (χ4v) is 3.20. The smallest absolute Gasteiger partial charge is 0.198 e. The summed E-state index contributed by atoms with van der Waals surface area (Å²) in [5.41, 5.74) is 3.82. The molecule has 0 aliphatic carbocycles. The summed E-state index contributed by atoms with van der Waals surface area (Å²) in [5, 5.41) is 21.5. The Morgan fingerprint density at radius 1 is 0.893 bits per heavy atom. The number of nitrogens with zero attached hydrogens (tertiary/aromatic N) is 4.